The molecule has 238 valence electrons. The topological polar surface area (TPSA) is 51.6 Å². The van der Waals surface area contributed by atoms with Crippen LogP contribution in [0.25, 0.3) is 84.0 Å². The highest BCUT2D eigenvalue weighted by molar-refractivity contribution is 6.13. The summed E-state index contributed by atoms with van der Waals surface area (Å²) >= 11 is 0. The van der Waals surface area contributed by atoms with Gasteiger partial charge in [0.05, 0.1) is 11.4 Å². The average Bonchev–Trinajstić information content (AvgIpc) is 3.18. The fraction of sp³-hybridized carbons (Fsp3) is 0.0870. The molecule has 8 aromatic rings. The van der Waals surface area contributed by atoms with Crippen LogP contribution in [0.4, 0.5) is 0 Å². The molecule has 0 unspecified atom stereocenters. The van der Waals surface area contributed by atoms with E-state index in [2.05, 4.69) is 103 Å². The van der Waals surface area contributed by atoms with Crippen molar-refractivity contribution in [2.45, 2.75) is 26.7 Å². The highest BCUT2D eigenvalue weighted by atomic mass is 14.9. The lowest BCUT2D eigenvalue weighted by Crippen LogP contribution is -1.99. The Balaban J connectivity index is 1.29. The number of benzene rings is 6. The second kappa shape index (κ2) is 12.3. The van der Waals surface area contributed by atoms with Crippen LogP contribution in [-0.4, -0.2) is 19.9 Å². The molecule has 1 aliphatic carbocycles. The Morgan fingerprint density at radius 1 is 0.420 bits per heavy atom. The molecule has 0 atom stereocenters. The number of fused-ring (bicyclic) bond motifs is 6. The number of aryl methyl sites for hydroxylation is 3. The van der Waals surface area contributed by atoms with E-state index in [0.29, 0.717) is 11.6 Å². The SMILES string of the molecule is Cc1cc(C)nc(-c2cc(-c3ccc4c(c3)c3c(c5ccccc54)C=CCC3)cc(-c3nc(-c4ccccc4)cc(-c4ccccc4)n3)c2)n1. The Hall–Kier alpha value is -6.26. The largest absolute Gasteiger partial charge is 0.233 e. The molecule has 0 amide bonds. The van der Waals surface area contributed by atoms with Crippen LogP contribution in [0.1, 0.15) is 28.9 Å². The van der Waals surface area contributed by atoms with Gasteiger partial charge in [0.1, 0.15) is 0 Å². The molecule has 1 aliphatic rings. The predicted molar refractivity (Wildman–Crippen MR) is 207 cm³/mol. The van der Waals surface area contributed by atoms with Crippen LogP contribution in [0.15, 0.2) is 140 Å². The van der Waals surface area contributed by atoms with Crippen molar-refractivity contribution in [3.05, 3.63) is 162 Å². The molecular weight excluding hydrogens is 609 g/mol. The molecule has 2 heterocycles. The Morgan fingerprint density at radius 3 is 1.64 bits per heavy atom. The van der Waals surface area contributed by atoms with Gasteiger partial charge in [-0.15, -0.1) is 0 Å². The predicted octanol–water partition coefficient (Wildman–Crippen LogP) is 11.5. The zero-order valence-corrected chi connectivity index (χ0v) is 28.1. The maximum Gasteiger partial charge on any atom is 0.160 e. The minimum Gasteiger partial charge on any atom is -0.233 e. The van der Waals surface area contributed by atoms with E-state index < -0.39 is 0 Å². The lowest BCUT2D eigenvalue weighted by atomic mass is 9.85. The third-order valence-corrected chi connectivity index (χ3v) is 9.65. The monoisotopic (exact) mass is 642 g/mol. The first-order valence-electron chi connectivity index (χ1n) is 17.2. The molecule has 50 heavy (non-hydrogen) atoms. The molecule has 9 rings (SSSR count). The van der Waals surface area contributed by atoms with E-state index in [0.717, 1.165) is 69.0 Å². The van der Waals surface area contributed by atoms with Gasteiger partial charge in [-0.05, 0) is 107 Å². The van der Waals surface area contributed by atoms with Crippen LogP contribution in [0.2, 0.25) is 0 Å². The van der Waals surface area contributed by atoms with Gasteiger partial charge in [0, 0.05) is 33.6 Å². The van der Waals surface area contributed by atoms with Crippen molar-refractivity contribution in [3.8, 4) is 56.4 Å². The first-order valence-corrected chi connectivity index (χ1v) is 17.2. The normalized spacial score (nSPS) is 12.4. The van der Waals surface area contributed by atoms with E-state index in [1.54, 1.807) is 0 Å². The molecule has 0 bridgehead atoms. The third-order valence-electron chi connectivity index (χ3n) is 9.65. The van der Waals surface area contributed by atoms with Crippen molar-refractivity contribution in [3.63, 3.8) is 0 Å². The molecule has 0 fully saturated rings. The second-order valence-electron chi connectivity index (χ2n) is 13.1. The summed E-state index contributed by atoms with van der Waals surface area (Å²) < 4.78 is 0. The van der Waals surface area contributed by atoms with Gasteiger partial charge in [-0.1, -0.05) is 109 Å². The molecule has 4 nitrogen and oxygen atoms in total. The number of nitrogens with zero attached hydrogens (tertiary/aromatic N) is 4. The molecule has 0 aliphatic heterocycles. The molecule has 0 saturated carbocycles. The number of hydrogen-bond acceptors (Lipinski definition) is 4. The summed E-state index contributed by atoms with van der Waals surface area (Å²) in [7, 11) is 0. The van der Waals surface area contributed by atoms with E-state index in [4.69, 9.17) is 19.9 Å². The molecule has 2 aromatic heterocycles. The van der Waals surface area contributed by atoms with Crippen molar-refractivity contribution in [2.75, 3.05) is 0 Å². The first-order chi connectivity index (χ1) is 24.6. The van der Waals surface area contributed by atoms with Crippen LogP contribution < -0.4 is 0 Å². The van der Waals surface area contributed by atoms with Crippen molar-refractivity contribution in [1.82, 2.24) is 19.9 Å². The van der Waals surface area contributed by atoms with Gasteiger partial charge in [-0.3, -0.25) is 0 Å². The minimum absolute atomic E-state index is 0.659. The number of allylic oxidation sites excluding steroid dienone is 1. The number of hydrogen-bond donors (Lipinski definition) is 0. The number of aromatic nitrogens is 4. The Labute approximate surface area is 291 Å². The van der Waals surface area contributed by atoms with E-state index in [1.165, 1.54) is 32.7 Å². The zero-order valence-electron chi connectivity index (χ0n) is 28.1. The first kappa shape index (κ1) is 29.8. The van der Waals surface area contributed by atoms with Gasteiger partial charge in [-0.2, -0.15) is 0 Å². The second-order valence-corrected chi connectivity index (χ2v) is 13.1. The maximum absolute atomic E-state index is 5.19. The van der Waals surface area contributed by atoms with E-state index in [9.17, 15) is 0 Å². The maximum atomic E-state index is 5.19. The highest BCUT2D eigenvalue weighted by Gasteiger charge is 2.18. The van der Waals surface area contributed by atoms with Crippen LogP contribution >= 0.6 is 0 Å². The van der Waals surface area contributed by atoms with E-state index in [1.807, 2.05) is 56.3 Å². The quantitative estimate of drug-likeness (QED) is 0.175. The fourth-order valence-corrected chi connectivity index (χ4v) is 7.35. The smallest absolute Gasteiger partial charge is 0.160 e. The average molecular weight is 643 g/mol. The summed E-state index contributed by atoms with van der Waals surface area (Å²) in [5.41, 5.74) is 12.5. The lowest BCUT2D eigenvalue weighted by Gasteiger charge is -2.19. The molecule has 0 saturated heterocycles. The lowest BCUT2D eigenvalue weighted by molar-refractivity contribution is 1.00. The summed E-state index contributed by atoms with van der Waals surface area (Å²) in [5.74, 6) is 1.36. The van der Waals surface area contributed by atoms with Crippen molar-refractivity contribution in [1.29, 1.82) is 0 Å². The van der Waals surface area contributed by atoms with Gasteiger partial charge in [0.2, 0.25) is 0 Å². The highest BCUT2D eigenvalue weighted by Crippen LogP contribution is 2.40. The summed E-state index contributed by atoms with van der Waals surface area (Å²) in [6.07, 6.45) is 6.69. The third kappa shape index (κ3) is 5.45. The summed E-state index contributed by atoms with van der Waals surface area (Å²) in [6, 6.07) is 47.0. The van der Waals surface area contributed by atoms with Crippen LogP contribution in [-0.2, 0) is 6.42 Å². The van der Waals surface area contributed by atoms with Crippen LogP contribution in [0.3, 0.4) is 0 Å². The number of rotatable bonds is 5. The standard InChI is InChI=1S/C46H34N4/c1-29-23-30(2)48-45(47-29)35-24-34(33-21-22-41-39-19-10-9-17-37(39)38-18-11-12-20-40(38)42(41)27-33)25-36(26-35)46-49-43(31-13-5-3-6-14-31)28-44(50-46)32-15-7-4-8-16-32/h3-11,13-19,21-28H,12,20H2,1-2H3. The summed E-state index contributed by atoms with van der Waals surface area (Å²) in [4.78, 5) is 20.1. The molecule has 4 heteroatoms. The molecule has 0 N–H and O–H groups in total. The van der Waals surface area contributed by atoms with Crippen molar-refractivity contribution in [2.24, 2.45) is 0 Å². The Kier molecular flexibility index (Phi) is 7.35. The van der Waals surface area contributed by atoms with Crippen LogP contribution in [0.5, 0.6) is 0 Å². The Morgan fingerprint density at radius 2 is 0.980 bits per heavy atom. The van der Waals surface area contributed by atoms with Crippen LogP contribution in [0, 0.1) is 13.8 Å². The molecule has 0 spiro atoms. The Bertz CT molecular complexity index is 2530. The van der Waals surface area contributed by atoms with E-state index in [-0.39, 0.29) is 0 Å². The van der Waals surface area contributed by atoms with Gasteiger partial charge >= 0.3 is 0 Å². The summed E-state index contributed by atoms with van der Waals surface area (Å²) in [5, 5.41) is 5.21. The van der Waals surface area contributed by atoms with Gasteiger partial charge in [-0.25, -0.2) is 19.9 Å². The summed E-state index contributed by atoms with van der Waals surface area (Å²) in [6.45, 7) is 4.04. The fourth-order valence-electron chi connectivity index (χ4n) is 7.35. The van der Waals surface area contributed by atoms with Gasteiger partial charge in [0.25, 0.3) is 0 Å². The van der Waals surface area contributed by atoms with Crippen molar-refractivity contribution < 1.29 is 0 Å². The van der Waals surface area contributed by atoms with E-state index >= 15 is 0 Å². The molecule has 0 radical (unpaired) electrons. The van der Waals surface area contributed by atoms with Crippen molar-refractivity contribution >= 4 is 27.6 Å². The van der Waals surface area contributed by atoms with Gasteiger partial charge in [0.15, 0.2) is 11.6 Å². The minimum atomic E-state index is 0.659. The van der Waals surface area contributed by atoms with Gasteiger partial charge < -0.3 is 0 Å². The molecular formula is C46H34N4. The zero-order chi connectivity index (χ0) is 33.6. The molecule has 6 aromatic carbocycles.